The van der Waals surface area contributed by atoms with Crippen LogP contribution in [0.5, 0.6) is 5.75 Å². The van der Waals surface area contributed by atoms with Gasteiger partial charge >= 0.3 is 6.09 Å². The van der Waals surface area contributed by atoms with E-state index in [9.17, 15) is 14.4 Å². The Balaban J connectivity index is 1.73. The minimum Gasteiger partial charge on any atom is -0.496 e. The van der Waals surface area contributed by atoms with Crippen LogP contribution < -0.4 is 20.1 Å². The van der Waals surface area contributed by atoms with E-state index < -0.39 is 46.9 Å². The van der Waals surface area contributed by atoms with E-state index in [1.807, 2.05) is 20.8 Å². The van der Waals surface area contributed by atoms with E-state index in [0.29, 0.717) is 11.4 Å². The molecule has 0 spiro atoms. The Morgan fingerprint density at radius 2 is 1.76 bits per heavy atom. The number of hydrogen-bond donors (Lipinski definition) is 0. The molecular weight excluding hydrogens is 670 g/mol. The van der Waals surface area contributed by atoms with E-state index in [1.54, 1.807) is 32.6 Å². The second-order valence-corrected chi connectivity index (χ2v) is 14.4. The van der Waals surface area contributed by atoms with E-state index in [0.717, 1.165) is 0 Å². The van der Waals surface area contributed by atoms with Gasteiger partial charge in [-0.3, -0.25) is 14.2 Å². The highest BCUT2D eigenvalue weighted by Gasteiger charge is 2.47. The number of methoxy groups -OCH3 is 1. The fourth-order valence-electron chi connectivity index (χ4n) is 6.92. The van der Waals surface area contributed by atoms with E-state index in [1.165, 1.54) is 59.1 Å². The minimum atomic E-state index is -0.981. The molecule has 0 unspecified atom stereocenters. The average molecular weight is 709 g/mol. The van der Waals surface area contributed by atoms with Crippen LogP contribution in [-0.4, -0.2) is 76.4 Å². The van der Waals surface area contributed by atoms with E-state index in [4.69, 9.17) is 21.1 Å². The Labute approximate surface area is 293 Å². The molecule has 4 aromatic rings. The summed E-state index contributed by atoms with van der Waals surface area (Å²) in [6.07, 6.45) is 0.790. The summed E-state index contributed by atoms with van der Waals surface area (Å²) in [5.41, 5.74) is -0.878. The summed E-state index contributed by atoms with van der Waals surface area (Å²) in [5, 5.41) is 0.0499. The van der Waals surface area contributed by atoms with Crippen LogP contribution in [0.2, 0.25) is 5.02 Å². The molecule has 2 amide bonds. The maximum atomic E-state index is 17.6. The van der Waals surface area contributed by atoms with Crippen molar-refractivity contribution in [3.8, 4) is 22.6 Å². The zero-order chi connectivity index (χ0) is 36.6. The highest BCUT2D eigenvalue weighted by molar-refractivity contribution is 6.35. The van der Waals surface area contributed by atoms with Gasteiger partial charge in [-0.2, -0.15) is 0 Å². The van der Waals surface area contributed by atoms with Crippen molar-refractivity contribution in [2.45, 2.75) is 72.1 Å². The van der Waals surface area contributed by atoms with Crippen LogP contribution in [-0.2, 0) is 9.53 Å². The predicted octanol–water partition coefficient (Wildman–Crippen LogP) is 6.61. The molecule has 2 aromatic heterocycles. The Kier molecular flexibility index (Phi) is 8.78. The average Bonchev–Trinajstić information content (AvgIpc) is 3.03. The first-order chi connectivity index (χ1) is 23.5. The Morgan fingerprint density at radius 3 is 2.40 bits per heavy atom. The standard InChI is InChI=1S/C36H39ClF2N6O5/c1-17(2)28-29(19(4)40-16-41-28)45-30-20(13-21(37)25(27(30)39)26-22(38)11-10-12-24(26)49-9)31-32(34(45)47)42(8)33(46)23-15-43(18(3)14-44(23)31)35(48)50-36(5,6)7/h10-13,16-18,23H,14-15H2,1-9H3/t18-,23-/m1/s1. The van der Waals surface area contributed by atoms with Gasteiger partial charge in [0.15, 0.2) is 5.82 Å². The fraction of sp³-hybridized carbons (Fsp3) is 0.417. The molecule has 11 nitrogen and oxygen atoms in total. The number of halogens is 3. The lowest BCUT2D eigenvalue weighted by molar-refractivity contribution is -0.121. The fourth-order valence-corrected chi connectivity index (χ4v) is 7.21. The summed E-state index contributed by atoms with van der Waals surface area (Å²) in [4.78, 5) is 55.6. The number of piperazine rings is 1. The number of hydrogen-bond acceptors (Lipinski definition) is 8. The number of amides is 2. The van der Waals surface area contributed by atoms with Crippen LogP contribution in [0.3, 0.4) is 0 Å². The molecular formula is C36H39ClF2N6O5. The number of carbonyl (C=O) groups is 2. The van der Waals surface area contributed by atoms with Gasteiger partial charge in [-0.05, 0) is 58.7 Å². The van der Waals surface area contributed by atoms with Crippen LogP contribution in [0.25, 0.3) is 27.7 Å². The second kappa shape index (κ2) is 12.5. The number of benzene rings is 2. The van der Waals surface area contributed by atoms with Gasteiger partial charge in [0.25, 0.3) is 11.5 Å². The molecule has 2 aliphatic heterocycles. The highest BCUT2D eigenvalue weighted by atomic mass is 35.5. The van der Waals surface area contributed by atoms with Crippen molar-refractivity contribution >= 4 is 45.9 Å². The van der Waals surface area contributed by atoms with Gasteiger partial charge in [0.1, 0.15) is 35.2 Å². The molecule has 0 bridgehead atoms. The number of aryl methyl sites for hydroxylation is 1. The number of carbonyl (C=O) groups excluding carboxylic acids is 2. The monoisotopic (exact) mass is 708 g/mol. The van der Waals surface area contributed by atoms with Gasteiger partial charge in [0.2, 0.25) is 0 Å². The van der Waals surface area contributed by atoms with Gasteiger partial charge in [0, 0.05) is 30.6 Å². The maximum absolute atomic E-state index is 17.6. The lowest BCUT2D eigenvalue weighted by atomic mass is 9.95. The Morgan fingerprint density at radius 1 is 1.06 bits per heavy atom. The third-order valence-corrected chi connectivity index (χ3v) is 9.45. The summed E-state index contributed by atoms with van der Waals surface area (Å²) >= 11 is 6.89. The van der Waals surface area contributed by atoms with Gasteiger partial charge in [-0.25, -0.2) is 23.5 Å². The van der Waals surface area contributed by atoms with E-state index >= 15 is 8.78 Å². The van der Waals surface area contributed by atoms with Gasteiger partial charge in [-0.1, -0.05) is 31.5 Å². The third kappa shape index (κ3) is 5.51. The quantitative estimate of drug-likeness (QED) is 0.233. The summed E-state index contributed by atoms with van der Waals surface area (Å²) in [6.45, 7) is 12.6. The van der Waals surface area contributed by atoms with Gasteiger partial charge in [0.05, 0.1) is 52.5 Å². The number of aromatic nitrogens is 3. The molecule has 1 saturated heterocycles. The molecule has 6 rings (SSSR count). The van der Waals surface area contributed by atoms with Crippen LogP contribution in [0.15, 0.2) is 35.4 Å². The maximum Gasteiger partial charge on any atom is 0.410 e. The van der Waals surface area contributed by atoms with Crippen molar-refractivity contribution in [3.63, 3.8) is 0 Å². The molecule has 2 aromatic carbocycles. The molecule has 50 heavy (non-hydrogen) atoms. The molecule has 4 heterocycles. The topological polar surface area (TPSA) is 110 Å². The highest BCUT2D eigenvalue weighted by Crippen LogP contribution is 2.48. The molecule has 0 saturated carbocycles. The zero-order valence-corrected chi connectivity index (χ0v) is 30.1. The van der Waals surface area contributed by atoms with Crippen LogP contribution >= 0.6 is 11.6 Å². The lowest BCUT2D eigenvalue weighted by Gasteiger charge is -2.50. The molecule has 2 atom stereocenters. The molecule has 2 aliphatic rings. The van der Waals surface area contributed by atoms with Crippen molar-refractivity contribution in [1.29, 1.82) is 0 Å². The SMILES string of the molecule is COc1cccc(F)c1-c1c(Cl)cc2c3c(c(=O)n(-c4c(C)ncnc4C(C)C)c2c1F)N(C)C(=O)[C@H]1CN(C(=O)OC(C)(C)C)[C@H](C)CN31. The van der Waals surface area contributed by atoms with E-state index in [2.05, 4.69) is 9.97 Å². The molecule has 264 valence electrons. The summed E-state index contributed by atoms with van der Waals surface area (Å²) in [6, 6.07) is 4.16. The van der Waals surface area contributed by atoms with Crippen LogP contribution in [0.4, 0.5) is 25.0 Å². The number of ether oxygens (including phenoxy) is 2. The zero-order valence-electron chi connectivity index (χ0n) is 29.4. The predicted molar refractivity (Wildman–Crippen MR) is 188 cm³/mol. The van der Waals surface area contributed by atoms with Crippen molar-refractivity contribution in [2.24, 2.45) is 0 Å². The van der Waals surface area contributed by atoms with Crippen LogP contribution in [0.1, 0.15) is 58.8 Å². The smallest absolute Gasteiger partial charge is 0.410 e. The Bertz CT molecular complexity index is 2130. The number of likely N-dealkylation sites (N-methyl/N-ethyl adjacent to an activating group) is 1. The van der Waals surface area contributed by atoms with Gasteiger partial charge in [-0.15, -0.1) is 0 Å². The molecule has 0 N–H and O–H groups in total. The van der Waals surface area contributed by atoms with Crippen molar-refractivity contribution < 1.29 is 27.8 Å². The molecule has 0 radical (unpaired) electrons. The summed E-state index contributed by atoms with van der Waals surface area (Å²) in [5.74, 6) is -2.39. The number of rotatable bonds is 4. The molecule has 1 fully saturated rings. The summed E-state index contributed by atoms with van der Waals surface area (Å²) < 4.78 is 45.4. The van der Waals surface area contributed by atoms with Crippen molar-refractivity contribution in [1.82, 2.24) is 19.4 Å². The number of nitrogens with zero attached hydrogens (tertiary/aromatic N) is 6. The second-order valence-electron chi connectivity index (χ2n) is 14.0. The van der Waals surface area contributed by atoms with E-state index in [-0.39, 0.29) is 68.9 Å². The van der Waals surface area contributed by atoms with Crippen molar-refractivity contribution in [3.05, 3.63) is 69.0 Å². The first-order valence-electron chi connectivity index (χ1n) is 16.3. The first kappa shape index (κ1) is 35.1. The minimum absolute atomic E-state index is 0.0127. The first-order valence-corrected chi connectivity index (χ1v) is 16.7. The number of anilines is 2. The molecule has 14 heteroatoms. The Hall–Kier alpha value is -4.78. The summed E-state index contributed by atoms with van der Waals surface area (Å²) in [7, 11) is 2.81. The largest absolute Gasteiger partial charge is 0.496 e. The number of fused-ring (bicyclic) bond motifs is 5. The third-order valence-electron chi connectivity index (χ3n) is 9.16. The van der Waals surface area contributed by atoms with Gasteiger partial charge < -0.3 is 24.2 Å². The molecule has 0 aliphatic carbocycles. The van der Waals surface area contributed by atoms with Crippen LogP contribution in [0, 0.1) is 18.6 Å². The van der Waals surface area contributed by atoms with Crippen molar-refractivity contribution in [2.75, 3.05) is 37.0 Å². The normalized spacial score (nSPS) is 17.7. The lowest BCUT2D eigenvalue weighted by Crippen LogP contribution is -2.66. The number of pyridine rings is 1.